The van der Waals surface area contributed by atoms with E-state index >= 15 is 0 Å². The van der Waals surface area contributed by atoms with Gasteiger partial charge in [0.2, 0.25) is 11.8 Å². The molecular weight excluding hydrogens is 436 g/mol. The Balaban J connectivity index is 1.16. The molecule has 0 bridgehead atoms. The molecule has 0 atom stereocenters. The minimum atomic E-state index is 0.187. The van der Waals surface area contributed by atoms with Crippen LogP contribution in [0.25, 0.3) is 11.5 Å². The van der Waals surface area contributed by atoms with Crippen LogP contribution in [0, 0.1) is 5.92 Å². The monoisotopic (exact) mass is 465 g/mol. The van der Waals surface area contributed by atoms with Crippen molar-refractivity contribution < 1.29 is 14.1 Å². The summed E-state index contributed by atoms with van der Waals surface area (Å²) in [6.07, 6.45) is 5.58. The first-order chi connectivity index (χ1) is 16.2. The first kappa shape index (κ1) is 22.1. The van der Waals surface area contributed by atoms with Crippen LogP contribution >= 0.6 is 11.6 Å². The van der Waals surface area contributed by atoms with E-state index in [-0.39, 0.29) is 5.91 Å². The van der Waals surface area contributed by atoms with Crippen molar-refractivity contribution in [2.24, 2.45) is 5.92 Å². The van der Waals surface area contributed by atoms with Crippen molar-refractivity contribution in [3.8, 4) is 11.5 Å². The average molecular weight is 466 g/mol. The smallest absolute Gasteiger partial charge is 0.278 e. The Bertz CT molecular complexity index is 1070. The number of piperidine rings is 1. The van der Waals surface area contributed by atoms with Crippen molar-refractivity contribution in [3.63, 3.8) is 0 Å². The molecule has 1 aliphatic carbocycles. The summed E-state index contributed by atoms with van der Waals surface area (Å²) in [5.41, 5.74) is 2.13. The maximum absolute atomic E-state index is 13.2. The number of hydrogen-bond acceptors (Lipinski definition) is 4. The van der Waals surface area contributed by atoms with E-state index in [2.05, 4.69) is 40.5 Å². The Kier molecular flexibility index (Phi) is 6.74. The summed E-state index contributed by atoms with van der Waals surface area (Å²) in [5.74, 6) is 1.76. The van der Waals surface area contributed by atoms with Gasteiger partial charge in [0.25, 0.3) is 5.91 Å². The lowest BCUT2D eigenvalue weighted by Crippen LogP contribution is -3.14. The van der Waals surface area contributed by atoms with Gasteiger partial charge in [-0.3, -0.25) is 4.79 Å². The fourth-order valence-electron chi connectivity index (χ4n) is 4.74. The maximum atomic E-state index is 13.2. The minimum Gasteiger partial charge on any atom is -0.419 e. The lowest BCUT2D eigenvalue weighted by molar-refractivity contribution is -0.898. The van der Waals surface area contributed by atoms with Crippen molar-refractivity contribution in [1.82, 2.24) is 15.1 Å². The van der Waals surface area contributed by atoms with Crippen molar-refractivity contribution in [1.29, 1.82) is 0 Å². The molecule has 2 aromatic carbocycles. The molecule has 1 saturated carbocycles. The Labute approximate surface area is 199 Å². The lowest BCUT2D eigenvalue weighted by Gasteiger charge is -2.30. The fourth-order valence-corrected chi connectivity index (χ4v) is 4.96. The molecule has 1 aliphatic heterocycles. The molecule has 0 unspecified atom stereocenters. The highest BCUT2D eigenvalue weighted by Gasteiger charge is 2.36. The van der Waals surface area contributed by atoms with Gasteiger partial charge in [-0.1, -0.05) is 54.1 Å². The Morgan fingerprint density at radius 2 is 1.73 bits per heavy atom. The minimum absolute atomic E-state index is 0.187. The number of nitrogens with one attached hydrogen (secondary N) is 1. The second-order valence-electron chi connectivity index (χ2n) is 9.29. The molecule has 1 N–H and O–H groups in total. The molecule has 0 radical (unpaired) electrons. The molecule has 1 aromatic heterocycles. The number of rotatable bonds is 8. The molecule has 2 fully saturated rings. The summed E-state index contributed by atoms with van der Waals surface area (Å²) in [5, 5.41) is 8.91. The first-order valence-electron chi connectivity index (χ1n) is 11.9. The number of quaternary nitrogens is 1. The highest BCUT2D eigenvalue weighted by atomic mass is 35.5. The molecular formula is C26H30ClN4O2+. The van der Waals surface area contributed by atoms with E-state index in [0.29, 0.717) is 47.4 Å². The summed E-state index contributed by atoms with van der Waals surface area (Å²) >= 11 is 6.25. The van der Waals surface area contributed by atoms with Gasteiger partial charge in [0.15, 0.2) is 6.54 Å². The van der Waals surface area contributed by atoms with Crippen molar-refractivity contribution in [2.45, 2.75) is 44.7 Å². The van der Waals surface area contributed by atoms with Crippen LogP contribution in [0.1, 0.15) is 37.1 Å². The van der Waals surface area contributed by atoms with Gasteiger partial charge in [-0.15, -0.1) is 10.2 Å². The molecule has 3 aromatic rings. The quantitative estimate of drug-likeness (QED) is 0.553. The van der Waals surface area contributed by atoms with E-state index in [1.807, 2.05) is 23.1 Å². The van der Waals surface area contributed by atoms with Crippen LogP contribution in [0.4, 0.5) is 0 Å². The molecule has 1 saturated heterocycles. The molecule has 172 valence electrons. The summed E-state index contributed by atoms with van der Waals surface area (Å²) in [7, 11) is 0. The second kappa shape index (κ2) is 10.1. The number of carbonyl (C=O) groups excluding carboxylic acids is 1. The number of amides is 1. The number of hydrogen-bond donors (Lipinski definition) is 1. The van der Waals surface area contributed by atoms with E-state index in [0.717, 1.165) is 32.4 Å². The normalized spacial score (nSPS) is 20.5. The lowest BCUT2D eigenvalue weighted by atomic mass is 9.90. The zero-order valence-corrected chi connectivity index (χ0v) is 19.5. The topological polar surface area (TPSA) is 63.7 Å². The molecule has 0 spiro atoms. The molecule has 6 nitrogen and oxygen atoms in total. The predicted octanol–water partition coefficient (Wildman–Crippen LogP) is 3.42. The third-order valence-electron chi connectivity index (χ3n) is 6.77. The van der Waals surface area contributed by atoms with Gasteiger partial charge in [0.1, 0.15) is 0 Å². The SMILES string of the molecule is O=C(C[NH+]1CCC(Cc2ccccc2)CC1)N(Cc1nnc(-c2ccccc2Cl)o1)C1CC1. The molecule has 2 aliphatic rings. The Morgan fingerprint density at radius 3 is 2.45 bits per heavy atom. The van der Waals surface area contributed by atoms with E-state index in [4.69, 9.17) is 16.0 Å². The van der Waals surface area contributed by atoms with Crippen molar-refractivity contribution >= 4 is 17.5 Å². The van der Waals surface area contributed by atoms with E-state index < -0.39 is 0 Å². The number of carbonyl (C=O) groups is 1. The van der Waals surface area contributed by atoms with Crippen LogP contribution in [0.5, 0.6) is 0 Å². The standard InChI is InChI=1S/C26H29ClN4O2/c27-23-9-5-4-8-22(23)26-29-28-24(33-26)17-31(21-10-11-21)25(32)18-30-14-12-20(13-15-30)16-19-6-2-1-3-7-19/h1-9,20-21H,10-18H2/p+1. The molecule has 1 amide bonds. The van der Waals surface area contributed by atoms with Gasteiger partial charge >= 0.3 is 0 Å². The number of likely N-dealkylation sites (tertiary alicyclic amines) is 1. The summed E-state index contributed by atoms with van der Waals surface area (Å²) in [6.45, 7) is 3.02. The Morgan fingerprint density at radius 1 is 1.00 bits per heavy atom. The highest BCUT2D eigenvalue weighted by Crippen LogP contribution is 2.30. The average Bonchev–Trinajstić information content (AvgIpc) is 3.57. The van der Waals surface area contributed by atoms with Crippen LogP contribution in [0.15, 0.2) is 59.0 Å². The van der Waals surface area contributed by atoms with Crippen LogP contribution < -0.4 is 4.90 Å². The van der Waals surface area contributed by atoms with Gasteiger partial charge in [-0.25, -0.2) is 0 Å². The largest absolute Gasteiger partial charge is 0.419 e. The van der Waals surface area contributed by atoms with E-state index in [9.17, 15) is 4.79 Å². The number of benzene rings is 2. The van der Waals surface area contributed by atoms with Gasteiger partial charge in [0, 0.05) is 6.04 Å². The van der Waals surface area contributed by atoms with Gasteiger partial charge in [-0.2, -0.15) is 0 Å². The zero-order valence-electron chi connectivity index (χ0n) is 18.8. The third kappa shape index (κ3) is 5.63. The summed E-state index contributed by atoms with van der Waals surface area (Å²) in [6, 6.07) is 18.4. The van der Waals surface area contributed by atoms with Crippen LogP contribution in [-0.4, -0.2) is 46.7 Å². The third-order valence-corrected chi connectivity index (χ3v) is 7.10. The van der Waals surface area contributed by atoms with Crippen molar-refractivity contribution in [2.75, 3.05) is 19.6 Å². The summed E-state index contributed by atoms with van der Waals surface area (Å²) in [4.78, 5) is 16.5. The maximum Gasteiger partial charge on any atom is 0.278 e. The van der Waals surface area contributed by atoms with Crippen molar-refractivity contribution in [3.05, 3.63) is 71.1 Å². The van der Waals surface area contributed by atoms with Crippen LogP contribution in [0.2, 0.25) is 5.02 Å². The molecule has 33 heavy (non-hydrogen) atoms. The molecule has 2 heterocycles. The van der Waals surface area contributed by atoms with Gasteiger partial charge < -0.3 is 14.2 Å². The van der Waals surface area contributed by atoms with Gasteiger partial charge in [0.05, 0.1) is 30.2 Å². The second-order valence-corrected chi connectivity index (χ2v) is 9.70. The molecule has 7 heteroatoms. The number of aromatic nitrogens is 2. The van der Waals surface area contributed by atoms with E-state index in [1.165, 1.54) is 23.3 Å². The number of nitrogens with zero attached hydrogens (tertiary/aromatic N) is 3. The highest BCUT2D eigenvalue weighted by molar-refractivity contribution is 6.33. The predicted molar refractivity (Wildman–Crippen MR) is 127 cm³/mol. The summed E-state index contributed by atoms with van der Waals surface area (Å²) < 4.78 is 5.86. The van der Waals surface area contributed by atoms with Gasteiger partial charge in [-0.05, 0) is 55.7 Å². The number of halogens is 1. The Hall–Kier alpha value is -2.70. The van der Waals surface area contributed by atoms with Crippen LogP contribution in [-0.2, 0) is 17.8 Å². The van der Waals surface area contributed by atoms with Crippen LogP contribution in [0.3, 0.4) is 0 Å². The molecule has 5 rings (SSSR count). The zero-order chi connectivity index (χ0) is 22.6. The first-order valence-corrected chi connectivity index (χ1v) is 12.3. The fraction of sp³-hybridized carbons (Fsp3) is 0.423. The van der Waals surface area contributed by atoms with E-state index in [1.54, 1.807) is 6.07 Å².